The Balaban J connectivity index is 4.24. The summed E-state index contributed by atoms with van der Waals surface area (Å²) in [4.78, 5) is 38.2. The summed E-state index contributed by atoms with van der Waals surface area (Å²) in [5.41, 5.74) is 0. The van der Waals surface area contributed by atoms with Gasteiger partial charge >= 0.3 is 17.9 Å². The highest BCUT2D eigenvalue weighted by Crippen LogP contribution is 2.19. The van der Waals surface area contributed by atoms with Crippen molar-refractivity contribution in [1.82, 2.24) is 0 Å². The molecule has 2 atom stereocenters. The highest BCUT2D eigenvalue weighted by Gasteiger charge is 2.19. The van der Waals surface area contributed by atoms with Crippen LogP contribution in [0.25, 0.3) is 0 Å². The molecule has 0 aliphatic carbocycles. The molecule has 0 aliphatic rings. The Kier molecular flexibility index (Phi) is 54.4. The normalized spacial score (nSPS) is 12.4. The summed E-state index contributed by atoms with van der Waals surface area (Å²) >= 11 is 0. The van der Waals surface area contributed by atoms with E-state index in [1.54, 1.807) is 0 Å². The van der Waals surface area contributed by atoms with Crippen LogP contribution in [0.15, 0.2) is 0 Å². The second-order valence-corrected chi connectivity index (χ2v) is 22.4. The molecule has 69 heavy (non-hydrogen) atoms. The molecule has 0 spiro atoms. The van der Waals surface area contributed by atoms with Crippen molar-refractivity contribution in [2.24, 2.45) is 11.8 Å². The van der Waals surface area contributed by atoms with Crippen molar-refractivity contribution in [3.05, 3.63) is 0 Å². The number of rotatable bonds is 57. The molecule has 6 nitrogen and oxygen atoms in total. The van der Waals surface area contributed by atoms with E-state index in [0.717, 1.165) is 69.6 Å². The number of ether oxygens (including phenoxy) is 3. The fourth-order valence-electron chi connectivity index (χ4n) is 9.73. The lowest BCUT2D eigenvalue weighted by molar-refractivity contribution is -0.167. The van der Waals surface area contributed by atoms with Gasteiger partial charge in [-0.2, -0.15) is 0 Å². The number of carbonyl (C=O) groups is 3. The maximum atomic E-state index is 12.9. The first kappa shape index (κ1) is 67.4. The van der Waals surface area contributed by atoms with Crippen LogP contribution in [0.5, 0.6) is 0 Å². The van der Waals surface area contributed by atoms with Crippen LogP contribution in [0.2, 0.25) is 0 Å². The summed E-state index contributed by atoms with van der Waals surface area (Å²) in [6.07, 6.45) is 60.9. The first-order chi connectivity index (χ1) is 33.8. The van der Waals surface area contributed by atoms with Gasteiger partial charge in [-0.15, -0.1) is 0 Å². The Hall–Kier alpha value is -1.59. The predicted molar refractivity (Wildman–Crippen MR) is 298 cm³/mol. The standard InChI is InChI=1S/C63H122O6/c1-6-8-9-10-11-12-13-14-22-30-35-40-45-50-55-63(66)69-60(57-68-62(65)54-49-44-39-34-29-25-24-26-31-36-41-46-51-58(3)4)56-67-61(64)53-48-43-38-33-28-23-20-18-16-15-17-19-21-27-32-37-42-47-52-59(5)7-2/h58-60H,6-57H2,1-5H3/t59?,60-/m1/s1. The van der Waals surface area contributed by atoms with Crippen molar-refractivity contribution in [1.29, 1.82) is 0 Å². The van der Waals surface area contributed by atoms with E-state index in [9.17, 15) is 14.4 Å². The topological polar surface area (TPSA) is 78.9 Å². The van der Waals surface area contributed by atoms with Crippen molar-refractivity contribution >= 4 is 17.9 Å². The van der Waals surface area contributed by atoms with Crippen molar-refractivity contribution < 1.29 is 28.6 Å². The van der Waals surface area contributed by atoms with E-state index in [2.05, 4.69) is 34.6 Å². The van der Waals surface area contributed by atoms with E-state index in [1.165, 1.54) is 244 Å². The molecule has 0 aromatic rings. The second-order valence-electron chi connectivity index (χ2n) is 22.4. The Labute approximate surface area is 431 Å². The van der Waals surface area contributed by atoms with Gasteiger partial charge in [0.2, 0.25) is 0 Å². The summed E-state index contributed by atoms with van der Waals surface area (Å²) in [6, 6.07) is 0. The summed E-state index contributed by atoms with van der Waals surface area (Å²) in [5, 5.41) is 0. The van der Waals surface area contributed by atoms with Crippen LogP contribution in [-0.2, 0) is 28.6 Å². The third-order valence-electron chi connectivity index (χ3n) is 14.8. The van der Waals surface area contributed by atoms with E-state index in [4.69, 9.17) is 14.2 Å². The molecule has 0 radical (unpaired) electrons. The zero-order valence-corrected chi connectivity index (χ0v) is 47.5. The number of carbonyl (C=O) groups excluding carboxylic acids is 3. The Bertz CT molecular complexity index is 1060. The van der Waals surface area contributed by atoms with Crippen LogP contribution in [0.4, 0.5) is 0 Å². The molecule has 0 aliphatic heterocycles. The van der Waals surface area contributed by atoms with Crippen molar-refractivity contribution in [3.8, 4) is 0 Å². The molecule has 6 heteroatoms. The van der Waals surface area contributed by atoms with Crippen LogP contribution >= 0.6 is 0 Å². The van der Waals surface area contributed by atoms with Crippen LogP contribution in [0, 0.1) is 11.8 Å². The maximum absolute atomic E-state index is 12.9. The molecule has 0 saturated carbocycles. The molecule has 410 valence electrons. The minimum atomic E-state index is -0.763. The average molecular weight is 976 g/mol. The number of hydrogen-bond donors (Lipinski definition) is 0. The van der Waals surface area contributed by atoms with Crippen molar-refractivity contribution in [2.45, 2.75) is 362 Å². The van der Waals surface area contributed by atoms with Crippen LogP contribution < -0.4 is 0 Å². The van der Waals surface area contributed by atoms with E-state index in [0.29, 0.717) is 19.3 Å². The SMILES string of the molecule is CCCCCCCCCCCCCCCCC(=O)O[C@H](COC(=O)CCCCCCCCCCCCCCCCCCCCC(C)CC)COC(=O)CCCCCCCCCCCCCCC(C)C. The van der Waals surface area contributed by atoms with E-state index in [-0.39, 0.29) is 31.1 Å². The van der Waals surface area contributed by atoms with Gasteiger partial charge in [-0.05, 0) is 31.1 Å². The van der Waals surface area contributed by atoms with Crippen LogP contribution in [0.1, 0.15) is 356 Å². The number of hydrogen-bond acceptors (Lipinski definition) is 6. The number of esters is 3. The molecule has 0 heterocycles. The lowest BCUT2D eigenvalue weighted by Gasteiger charge is -2.18. The van der Waals surface area contributed by atoms with Gasteiger partial charge in [-0.25, -0.2) is 0 Å². The van der Waals surface area contributed by atoms with E-state index >= 15 is 0 Å². The molecule has 0 rings (SSSR count). The second kappa shape index (κ2) is 55.7. The minimum Gasteiger partial charge on any atom is -0.462 e. The van der Waals surface area contributed by atoms with Gasteiger partial charge in [-0.1, -0.05) is 317 Å². The zero-order valence-electron chi connectivity index (χ0n) is 47.5. The first-order valence-electron chi connectivity index (χ1n) is 31.3. The molecule has 0 N–H and O–H groups in total. The van der Waals surface area contributed by atoms with E-state index in [1.807, 2.05) is 0 Å². The minimum absolute atomic E-state index is 0.0620. The smallest absolute Gasteiger partial charge is 0.306 e. The summed E-state index contributed by atoms with van der Waals surface area (Å²) in [7, 11) is 0. The van der Waals surface area contributed by atoms with Gasteiger partial charge < -0.3 is 14.2 Å². The molecule has 0 fully saturated rings. The Morgan fingerprint density at radius 3 is 0.826 bits per heavy atom. The van der Waals surface area contributed by atoms with E-state index < -0.39 is 6.10 Å². The molecule has 0 bridgehead atoms. The summed E-state index contributed by atoms with van der Waals surface area (Å²) < 4.78 is 16.9. The predicted octanol–water partition coefficient (Wildman–Crippen LogP) is 20.8. The fourth-order valence-corrected chi connectivity index (χ4v) is 9.73. The lowest BCUT2D eigenvalue weighted by atomic mass is 9.99. The van der Waals surface area contributed by atoms with Gasteiger partial charge in [0.05, 0.1) is 0 Å². The van der Waals surface area contributed by atoms with Gasteiger partial charge in [-0.3, -0.25) is 14.4 Å². The molecule has 0 saturated heterocycles. The highest BCUT2D eigenvalue weighted by atomic mass is 16.6. The number of unbranched alkanes of at least 4 members (excludes halogenated alkanes) is 41. The molecule has 0 aromatic heterocycles. The van der Waals surface area contributed by atoms with Gasteiger partial charge in [0.25, 0.3) is 0 Å². The fraction of sp³-hybridized carbons (Fsp3) is 0.952. The quantitative estimate of drug-likeness (QED) is 0.0343. The largest absolute Gasteiger partial charge is 0.462 e. The molecule has 0 aromatic carbocycles. The first-order valence-corrected chi connectivity index (χ1v) is 31.3. The third-order valence-corrected chi connectivity index (χ3v) is 14.8. The van der Waals surface area contributed by atoms with Gasteiger partial charge in [0.15, 0.2) is 6.10 Å². The maximum Gasteiger partial charge on any atom is 0.306 e. The highest BCUT2D eigenvalue weighted by molar-refractivity contribution is 5.71. The van der Waals surface area contributed by atoms with Crippen LogP contribution in [-0.4, -0.2) is 37.2 Å². The van der Waals surface area contributed by atoms with Crippen molar-refractivity contribution in [3.63, 3.8) is 0 Å². The molecule has 0 amide bonds. The molecular weight excluding hydrogens is 853 g/mol. The van der Waals surface area contributed by atoms with Gasteiger partial charge in [0, 0.05) is 19.3 Å². The van der Waals surface area contributed by atoms with Gasteiger partial charge in [0.1, 0.15) is 13.2 Å². The monoisotopic (exact) mass is 975 g/mol. The summed E-state index contributed by atoms with van der Waals surface area (Å²) in [5.74, 6) is 0.910. The summed E-state index contributed by atoms with van der Waals surface area (Å²) in [6.45, 7) is 11.5. The zero-order chi connectivity index (χ0) is 50.4. The Morgan fingerprint density at radius 2 is 0.551 bits per heavy atom. The van der Waals surface area contributed by atoms with Crippen molar-refractivity contribution in [2.75, 3.05) is 13.2 Å². The molecule has 1 unspecified atom stereocenters. The average Bonchev–Trinajstić information content (AvgIpc) is 3.34. The lowest BCUT2D eigenvalue weighted by Crippen LogP contribution is -2.30. The third kappa shape index (κ3) is 55.6. The molecular formula is C63H122O6. The van der Waals surface area contributed by atoms with Crippen LogP contribution in [0.3, 0.4) is 0 Å². The Morgan fingerprint density at radius 1 is 0.304 bits per heavy atom.